The Hall–Kier alpha value is -0.680. The third-order valence-corrected chi connectivity index (χ3v) is 3.87. The summed E-state index contributed by atoms with van der Waals surface area (Å²) in [6.45, 7) is 7.15. The van der Waals surface area contributed by atoms with Gasteiger partial charge in [0, 0.05) is 32.2 Å². The van der Waals surface area contributed by atoms with Crippen LogP contribution in [0.1, 0.15) is 45.4 Å². The number of aromatic nitrogens is 2. The third kappa shape index (κ3) is 4.42. The van der Waals surface area contributed by atoms with Crippen LogP contribution in [0.25, 0.3) is 0 Å². The molecule has 1 fully saturated rings. The lowest BCUT2D eigenvalue weighted by Crippen LogP contribution is -2.40. The van der Waals surface area contributed by atoms with Crippen LogP contribution >= 0.6 is 15.9 Å². The number of piperidine rings is 1. The summed E-state index contributed by atoms with van der Waals surface area (Å²) in [7, 11) is 0. The minimum atomic E-state index is 0.340. The van der Waals surface area contributed by atoms with Gasteiger partial charge in [-0.1, -0.05) is 13.8 Å². The summed E-state index contributed by atoms with van der Waals surface area (Å²) in [4.78, 5) is 11.5. The van der Waals surface area contributed by atoms with E-state index in [2.05, 4.69) is 39.7 Å². The Bertz CT molecular complexity index is 428. The van der Waals surface area contributed by atoms with Gasteiger partial charge in [0.1, 0.15) is 16.2 Å². The molecule has 1 unspecified atom stereocenters. The fourth-order valence-corrected chi connectivity index (χ4v) is 2.93. The van der Waals surface area contributed by atoms with Crippen molar-refractivity contribution in [3.05, 3.63) is 16.5 Å². The molecule has 1 atom stereocenters. The molecule has 20 heavy (non-hydrogen) atoms. The Morgan fingerprint density at radius 1 is 1.35 bits per heavy atom. The van der Waals surface area contributed by atoms with Gasteiger partial charge in [-0.15, -0.1) is 0 Å². The molecule has 0 radical (unpaired) electrons. The van der Waals surface area contributed by atoms with Crippen LogP contribution in [0.3, 0.4) is 0 Å². The van der Waals surface area contributed by atoms with Gasteiger partial charge in [0.2, 0.25) is 0 Å². The first-order chi connectivity index (χ1) is 9.72. The summed E-state index contributed by atoms with van der Waals surface area (Å²) in [6.07, 6.45) is 5.74. The highest BCUT2D eigenvalue weighted by Crippen LogP contribution is 2.22. The summed E-state index contributed by atoms with van der Waals surface area (Å²) in [5.41, 5.74) is 0. The SMILES string of the molecule is CCCOC1CCCN(c2cc(Br)nc(CCC)n2)C1. The number of nitrogens with zero attached hydrogens (tertiary/aromatic N) is 3. The average molecular weight is 342 g/mol. The van der Waals surface area contributed by atoms with Crippen LogP contribution in [0.2, 0.25) is 0 Å². The Morgan fingerprint density at radius 2 is 2.20 bits per heavy atom. The maximum Gasteiger partial charge on any atom is 0.133 e. The Labute approximate surface area is 130 Å². The van der Waals surface area contributed by atoms with Gasteiger partial charge >= 0.3 is 0 Å². The van der Waals surface area contributed by atoms with Crippen LogP contribution in [0, 0.1) is 0 Å². The molecule has 0 N–H and O–H groups in total. The molecule has 0 aliphatic carbocycles. The van der Waals surface area contributed by atoms with Crippen LogP contribution in [-0.4, -0.2) is 35.8 Å². The van der Waals surface area contributed by atoms with Gasteiger partial charge in [0.15, 0.2) is 0 Å². The first kappa shape index (κ1) is 15.7. The molecule has 2 heterocycles. The van der Waals surface area contributed by atoms with E-state index in [1.807, 2.05) is 6.07 Å². The Kier molecular flexibility index (Phi) is 6.23. The summed E-state index contributed by atoms with van der Waals surface area (Å²) < 4.78 is 6.77. The molecule has 0 spiro atoms. The van der Waals surface area contributed by atoms with E-state index in [0.717, 1.165) is 61.6 Å². The van der Waals surface area contributed by atoms with E-state index in [9.17, 15) is 0 Å². The second kappa shape index (κ2) is 7.93. The zero-order valence-corrected chi connectivity index (χ0v) is 14.0. The predicted octanol–water partition coefficient (Wildman–Crippen LogP) is 3.59. The van der Waals surface area contributed by atoms with Crippen molar-refractivity contribution in [3.8, 4) is 0 Å². The zero-order valence-electron chi connectivity index (χ0n) is 12.4. The lowest BCUT2D eigenvalue weighted by atomic mass is 10.1. The standard InChI is InChI=1S/C15H24BrN3O/c1-3-6-14-17-13(16)10-15(18-14)19-8-5-7-12(11-19)20-9-4-2/h10,12H,3-9,11H2,1-2H3. The van der Waals surface area contributed by atoms with Crippen LogP contribution in [-0.2, 0) is 11.2 Å². The summed E-state index contributed by atoms with van der Waals surface area (Å²) >= 11 is 3.50. The van der Waals surface area contributed by atoms with Gasteiger partial charge < -0.3 is 9.64 Å². The monoisotopic (exact) mass is 341 g/mol. The van der Waals surface area contributed by atoms with E-state index in [0.29, 0.717) is 6.10 Å². The molecule has 2 rings (SSSR count). The number of ether oxygens (including phenoxy) is 1. The fourth-order valence-electron chi connectivity index (χ4n) is 2.52. The molecule has 1 aliphatic heterocycles. The van der Waals surface area contributed by atoms with E-state index in [-0.39, 0.29) is 0 Å². The smallest absolute Gasteiger partial charge is 0.133 e. The molecule has 0 aromatic carbocycles. The summed E-state index contributed by atoms with van der Waals surface area (Å²) in [5.74, 6) is 1.95. The van der Waals surface area contributed by atoms with Crippen LogP contribution in [0.15, 0.2) is 10.7 Å². The largest absolute Gasteiger partial charge is 0.376 e. The van der Waals surface area contributed by atoms with E-state index in [1.54, 1.807) is 0 Å². The van der Waals surface area contributed by atoms with Crippen LogP contribution < -0.4 is 4.90 Å². The van der Waals surface area contributed by atoms with Crippen molar-refractivity contribution < 1.29 is 4.74 Å². The maximum absolute atomic E-state index is 5.90. The lowest BCUT2D eigenvalue weighted by Gasteiger charge is -2.33. The summed E-state index contributed by atoms with van der Waals surface area (Å²) in [5, 5.41) is 0. The van der Waals surface area contributed by atoms with Gasteiger partial charge in [-0.25, -0.2) is 9.97 Å². The first-order valence-corrected chi connectivity index (χ1v) is 8.42. The number of anilines is 1. The third-order valence-electron chi connectivity index (χ3n) is 3.46. The van der Waals surface area contributed by atoms with Crippen LogP contribution in [0.4, 0.5) is 5.82 Å². The van der Waals surface area contributed by atoms with Crippen molar-refractivity contribution in [2.75, 3.05) is 24.6 Å². The van der Waals surface area contributed by atoms with Crippen LogP contribution in [0.5, 0.6) is 0 Å². The van der Waals surface area contributed by atoms with Crippen molar-refractivity contribution in [2.45, 2.75) is 52.1 Å². The quantitative estimate of drug-likeness (QED) is 0.741. The van der Waals surface area contributed by atoms with E-state index in [4.69, 9.17) is 9.72 Å². The van der Waals surface area contributed by atoms with Crippen molar-refractivity contribution in [3.63, 3.8) is 0 Å². The molecule has 1 saturated heterocycles. The number of aryl methyl sites for hydroxylation is 1. The van der Waals surface area contributed by atoms with Crippen molar-refractivity contribution in [1.29, 1.82) is 0 Å². The number of hydrogen-bond donors (Lipinski definition) is 0. The van der Waals surface area contributed by atoms with E-state index >= 15 is 0 Å². The van der Waals surface area contributed by atoms with E-state index in [1.165, 1.54) is 6.42 Å². The number of rotatable bonds is 6. The molecule has 1 aromatic rings. The van der Waals surface area contributed by atoms with Crippen molar-refractivity contribution in [2.24, 2.45) is 0 Å². The minimum Gasteiger partial charge on any atom is -0.376 e. The maximum atomic E-state index is 5.90. The molecule has 0 bridgehead atoms. The van der Waals surface area contributed by atoms with Gasteiger partial charge in [0.05, 0.1) is 6.10 Å². The second-order valence-corrected chi connectivity index (χ2v) is 6.11. The molecule has 112 valence electrons. The van der Waals surface area contributed by atoms with Gasteiger partial charge in [-0.2, -0.15) is 0 Å². The highest BCUT2D eigenvalue weighted by Gasteiger charge is 2.22. The molecule has 0 saturated carbocycles. The molecule has 4 nitrogen and oxygen atoms in total. The second-order valence-electron chi connectivity index (χ2n) is 5.30. The zero-order chi connectivity index (χ0) is 14.4. The Morgan fingerprint density at radius 3 is 2.95 bits per heavy atom. The molecular formula is C15H24BrN3O. The summed E-state index contributed by atoms with van der Waals surface area (Å²) in [6, 6.07) is 2.02. The van der Waals surface area contributed by atoms with Gasteiger partial charge in [-0.05, 0) is 41.6 Å². The molecule has 0 amide bonds. The van der Waals surface area contributed by atoms with Crippen molar-refractivity contribution >= 4 is 21.7 Å². The normalized spacial score (nSPS) is 19.4. The fraction of sp³-hybridized carbons (Fsp3) is 0.733. The lowest BCUT2D eigenvalue weighted by molar-refractivity contribution is 0.0439. The average Bonchev–Trinajstić information content (AvgIpc) is 2.45. The molecule has 1 aliphatic rings. The predicted molar refractivity (Wildman–Crippen MR) is 85.2 cm³/mol. The topological polar surface area (TPSA) is 38.2 Å². The van der Waals surface area contributed by atoms with Crippen molar-refractivity contribution in [1.82, 2.24) is 9.97 Å². The van der Waals surface area contributed by atoms with Gasteiger partial charge in [0.25, 0.3) is 0 Å². The molecule has 1 aromatic heterocycles. The first-order valence-electron chi connectivity index (χ1n) is 7.63. The number of hydrogen-bond acceptors (Lipinski definition) is 4. The van der Waals surface area contributed by atoms with Gasteiger partial charge in [-0.3, -0.25) is 0 Å². The highest BCUT2D eigenvalue weighted by molar-refractivity contribution is 9.10. The molecule has 5 heteroatoms. The number of halogens is 1. The minimum absolute atomic E-state index is 0.340. The highest BCUT2D eigenvalue weighted by atomic mass is 79.9. The molecular weight excluding hydrogens is 318 g/mol. The Balaban J connectivity index is 2.05. The van der Waals surface area contributed by atoms with E-state index < -0.39 is 0 Å².